The van der Waals surface area contributed by atoms with Gasteiger partial charge in [-0.05, 0) is 78.5 Å². The quantitative estimate of drug-likeness (QED) is 0.871. The van der Waals surface area contributed by atoms with Gasteiger partial charge in [0.25, 0.3) is 0 Å². The van der Waals surface area contributed by atoms with Gasteiger partial charge in [-0.2, -0.15) is 5.26 Å². The fraction of sp³-hybridized carbons (Fsp3) is 0.682. The first-order chi connectivity index (χ1) is 12.5. The smallest absolute Gasteiger partial charge is 0.119 e. The highest BCUT2D eigenvalue weighted by Crippen LogP contribution is 2.60. The molecule has 0 aromatic heterocycles. The summed E-state index contributed by atoms with van der Waals surface area (Å²) in [5.41, 5.74) is 1.62. The Hall–Kier alpha value is -1.57. The van der Waals surface area contributed by atoms with Crippen LogP contribution in [-0.4, -0.2) is 29.0 Å². The van der Waals surface area contributed by atoms with Crippen molar-refractivity contribution in [1.82, 2.24) is 0 Å². The van der Waals surface area contributed by atoms with Crippen molar-refractivity contribution in [3.63, 3.8) is 0 Å². The zero-order valence-electron chi connectivity index (χ0n) is 15.7. The fourth-order valence-corrected chi connectivity index (χ4v) is 6.48. The van der Waals surface area contributed by atoms with Crippen LogP contribution in [0.2, 0.25) is 0 Å². The van der Waals surface area contributed by atoms with Crippen LogP contribution >= 0.6 is 0 Å². The normalized spacial score (nSPS) is 40.9. The molecule has 4 heteroatoms. The largest absolute Gasteiger partial charge is 0.497 e. The van der Waals surface area contributed by atoms with Gasteiger partial charge in [0.15, 0.2) is 0 Å². The summed E-state index contributed by atoms with van der Waals surface area (Å²) >= 11 is 0. The number of benzene rings is 1. The molecule has 0 saturated heterocycles. The Morgan fingerprint density at radius 1 is 1.35 bits per heavy atom. The van der Waals surface area contributed by atoms with Gasteiger partial charge in [0.05, 0.1) is 25.7 Å². The van der Waals surface area contributed by atoms with Gasteiger partial charge >= 0.3 is 0 Å². The molecule has 1 aromatic rings. The summed E-state index contributed by atoms with van der Waals surface area (Å²) in [6, 6.07) is 8.59. The van der Waals surface area contributed by atoms with E-state index in [0.717, 1.165) is 31.4 Å². The standard InChI is InChI=1S/C22H29NO3/c1-3-13-10-14-11-15(26-2)4-5-16(14)17-6-7-19-18(21(13)17)12-20(24)22(19,25)8-9-23/h4-5,11,13,17-21,24-25H,3,6-8,10,12H2,1-2H3. The van der Waals surface area contributed by atoms with E-state index in [1.807, 2.05) is 0 Å². The summed E-state index contributed by atoms with van der Waals surface area (Å²) in [5, 5.41) is 30.9. The lowest BCUT2D eigenvalue weighted by atomic mass is 9.55. The van der Waals surface area contributed by atoms with Crippen molar-refractivity contribution in [2.24, 2.45) is 23.7 Å². The number of methoxy groups -OCH3 is 1. The van der Waals surface area contributed by atoms with Crippen molar-refractivity contribution in [1.29, 1.82) is 5.26 Å². The number of nitrogens with zero attached hydrogens (tertiary/aromatic N) is 1. The maximum absolute atomic E-state index is 11.1. The van der Waals surface area contributed by atoms with Crippen LogP contribution in [-0.2, 0) is 6.42 Å². The van der Waals surface area contributed by atoms with E-state index < -0.39 is 11.7 Å². The van der Waals surface area contributed by atoms with E-state index in [0.29, 0.717) is 30.1 Å². The van der Waals surface area contributed by atoms with Gasteiger partial charge < -0.3 is 14.9 Å². The molecule has 0 amide bonds. The number of ether oxygens (including phenoxy) is 1. The Morgan fingerprint density at radius 2 is 2.15 bits per heavy atom. The Bertz CT molecular complexity index is 727. The summed E-state index contributed by atoms with van der Waals surface area (Å²) in [6.07, 6.45) is 3.97. The average molecular weight is 355 g/mol. The molecular weight excluding hydrogens is 326 g/mol. The van der Waals surface area contributed by atoms with Gasteiger partial charge in [-0.15, -0.1) is 0 Å². The Morgan fingerprint density at radius 3 is 2.85 bits per heavy atom. The average Bonchev–Trinajstić information content (AvgIpc) is 2.91. The van der Waals surface area contributed by atoms with Crippen LogP contribution < -0.4 is 4.74 Å². The fourth-order valence-electron chi connectivity index (χ4n) is 6.48. The molecule has 0 spiro atoms. The Balaban J connectivity index is 1.71. The van der Waals surface area contributed by atoms with Crippen LogP contribution in [0.25, 0.3) is 0 Å². The maximum Gasteiger partial charge on any atom is 0.119 e. The van der Waals surface area contributed by atoms with Gasteiger partial charge in [0, 0.05) is 0 Å². The SMILES string of the molecule is CCC1Cc2cc(OC)ccc2C2CCC3C(CC(O)C3(O)CC#N)C12. The van der Waals surface area contributed by atoms with Crippen LogP contribution in [0.15, 0.2) is 18.2 Å². The second kappa shape index (κ2) is 6.55. The molecule has 1 aromatic carbocycles. The summed E-state index contributed by atoms with van der Waals surface area (Å²) in [5.74, 6) is 2.82. The van der Waals surface area contributed by atoms with Crippen LogP contribution in [0, 0.1) is 35.0 Å². The first-order valence-electron chi connectivity index (χ1n) is 9.97. The van der Waals surface area contributed by atoms with E-state index in [4.69, 9.17) is 4.74 Å². The number of hydrogen-bond donors (Lipinski definition) is 2. The predicted octanol–water partition coefficient (Wildman–Crippen LogP) is 3.41. The first kappa shape index (κ1) is 17.8. The van der Waals surface area contributed by atoms with Crippen LogP contribution in [0.5, 0.6) is 5.75 Å². The molecule has 0 radical (unpaired) electrons. The molecule has 140 valence electrons. The highest BCUT2D eigenvalue weighted by atomic mass is 16.5. The van der Waals surface area contributed by atoms with Crippen molar-refractivity contribution >= 4 is 0 Å². The molecule has 2 fully saturated rings. The number of aliphatic hydroxyl groups excluding tert-OH is 1. The van der Waals surface area contributed by atoms with Gasteiger partial charge in [0.2, 0.25) is 0 Å². The Labute approximate surface area is 155 Å². The zero-order valence-corrected chi connectivity index (χ0v) is 15.7. The third kappa shape index (κ3) is 2.48. The molecule has 4 rings (SSSR count). The maximum atomic E-state index is 11.1. The van der Waals surface area contributed by atoms with Crippen molar-refractivity contribution in [3.8, 4) is 11.8 Å². The zero-order chi connectivity index (χ0) is 18.5. The second-order valence-electron chi connectivity index (χ2n) is 8.55. The molecule has 2 N–H and O–H groups in total. The summed E-state index contributed by atoms with van der Waals surface area (Å²) in [7, 11) is 1.71. The topological polar surface area (TPSA) is 73.5 Å². The lowest BCUT2D eigenvalue weighted by molar-refractivity contribution is -0.0917. The summed E-state index contributed by atoms with van der Waals surface area (Å²) < 4.78 is 5.43. The Kier molecular flexibility index (Phi) is 4.49. The van der Waals surface area contributed by atoms with Gasteiger partial charge in [-0.25, -0.2) is 0 Å². The third-order valence-electron chi connectivity index (χ3n) is 7.64. The molecule has 3 aliphatic carbocycles. The molecule has 2 saturated carbocycles. The van der Waals surface area contributed by atoms with E-state index in [1.54, 1.807) is 7.11 Å². The van der Waals surface area contributed by atoms with Gasteiger partial charge in [-0.1, -0.05) is 19.4 Å². The first-order valence-corrected chi connectivity index (χ1v) is 9.97. The number of fused-ring (bicyclic) bond motifs is 5. The highest BCUT2D eigenvalue weighted by molar-refractivity contribution is 5.41. The number of rotatable bonds is 3. The van der Waals surface area contributed by atoms with Crippen LogP contribution in [0.4, 0.5) is 0 Å². The van der Waals surface area contributed by atoms with Crippen molar-refractivity contribution in [3.05, 3.63) is 29.3 Å². The molecule has 7 atom stereocenters. The van der Waals surface area contributed by atoms with Crippen molar-refractivity contribution < 1.29 is 14.9 Å². The number of aliphatic hydroxyl groups is 2. The minimum atomic E-state index is -1.22. The van der Waals surface area contributed by atoms with E-state index >= 15 is 0 Å². The van der Waals surface area contributed by atoms with Gasteiger partial charge in [0.1, 0.15) is 11.4 Å². The molecule has 0 heterocycles. The molecule has 4 nitrogen and oxygen atoms in total. The molecule has 7 unspecified atom stereocenters. The van der Waals surface area contributed by atoms with Crippen molar-refractivity contribution in [2.75, 3.05) is 7.11 Å². The number of nitriles is 1. The van der Waals surface area contributed by atoms with Crippen LogP contribution in [0.1, 0.15) is 56.1 Å². The van der Waals surface area contributed by atoms with Gasteiger partial charge in [-0.3, -0.25) is 0 Å². The molecule has 3 aliphatic rings. The minimum absolute atomic E-state index is 0.0390. The molecule has 0 aliphatic heterocycles. The molecule has 26 heavy (non-hydrogen) atoms. The van der Waals surface area contributed by atoms with E-state index in [9.17, 15) is 15.5 Å². The lowest BCUT2D eigenvalue weighted by Gasteiger charge is -2.49. The minimum Gasteiger partial charge on any atom is -0.497 e. The third-order valence-corrected chi connectivity index (χ3v) is 7.64. The predicted molar refractivity (Wildman–Crippen MR) is 98.7 cm³/mol. The second-order valence-corrected chi connectivity index (χ2v) is 8.55. The van der Waals surface area contributed by atoms with E-state index in [-0.39, 0.29) is 12.3 Å². The lowest BCUT2D eigenvalue weighted by Crippen LogP contribution is -2.47. The summed E-state index contributed by atoms with van der Waals surface area (Å²) in [4.78, 5) is 0. The molecule has 0 bridgehead atoms. The molecular formula is C22H29NO3. The number of hydrogen-bond acceptors (Lipinski definition) is 4. The summed E-state index contributed by atoms with van der Waals surface area (Å²) in [6.45, 7) is 2.25. The monoisotopic (exact) mass is 355 g/mol. The van der Waals surface area contributed by atoms with E-state index in [2.05, 4.69) is 31.2 Å². The van der Waals surface area contributed by atoms with Crippen molar-refractivity contribution in [2.45, 2.75) is 63.1 Å². The van der Waals surface area contributed by atoms with E-state index in [1.165, 1.54) is 11.1 Å². The highest BCUT2D eigenvalue weighted by Gasteiger charge is 2.59. The van der Waals surface area contributed by atoms with Crippen LogP contribution in [0.3, 0.4) is 0 Å².